The van der Waals surface area contributed by atoms with Gasteiger partial charge in [0.05, 0.1) is 10.6 Å². The Balaban J connectivity index is 2.32. The van der Waals surface area contributed by atoms with Crippen LogP contribution >= 0.6 is 23.5 Å². The van der Waals surface area contributed by atoms with Crippen LogP contribution in [0.5, 0.6) is 0 Å². The van der Waals surface area contributed by atoms with Gasteiger partial charge in [0.2, 0.25) is 5.91 Å². The van der Waals surface area contributed by atoms with Crippen molar-refractivity contribution in [3.8, 4) is 0 Å². The number of halogens is 10. The van der Waals surface area contributed by atoms with Crippen molar-refractivity contribution in [3.05, 3.63) is 52.6 Å². The third kappa shape index (κ3) is 7.43. The third-order valence-corrected chi connectivity index (χ3v) is 7.60. The van der Waals surface area contributed by atoms with Crippen LogP contribution in [0.1, 0.15) is 0 Å². The molecule has 0 saturated carbocycles. The van der Waals surface area contributed by atoms with Gasteiger partial charge in [0, 0.05) is 15.9 Å². The van der Waals surface area contributed by atoms with Crippen molar-refractivity contribution in [2.75, 3.05) is 11.1 Å². The number of carbonyl (C=O) groups excluding carboxylic acids is 1. The number of para-hydroxylation sites is 1. The molecule has 1 N–H and O–H groups in total. The Morgan fingerprint density at radius 1 is 0.921 bits per heavy atom. The van der Waals surface area contributed by atoms with E-state index in [1.165, 1.54) is 0 Å². The molecule has 2 aromatic carbocycles. The van der Waals surface area contributed by atoms with E-state index < -0.39 is 98.9 Å². The van der Waals surface area contributed by atoms with Crippen LogP contribution in [0.4, 0.5) is 55.3 Å². The molecule has 38 heavy (non-hydrogen) atoms. The lowest BCUT2D eigenvalue weighted by Gasteiger charge is -2.28. The Morgan fingerprint density at radius 3 is 2.03 bits per heavy atom. The maximum atomic E-state index is 13.8. The fourth-order valence-corrected chi connectivity index (χ4v) is 5.33. The second-order valence-electron chi connectivity index (χ2n) is 6.93. The number of hydrogen-bond acceptors (Lipinski definition) is 7. The molecule has 0 fully saturated rings. The van der Waals surface area contributed by atoms with Gasteiger partial charge in [-0.15, -0.1) is 0 Å². The van der Waals surface area contributed by atoms with Crippen molar-refractivity contribution in [3.63, 3.8) is 0 Å². The lowest BCUT2D eigenvalue weighted by molar-refractivity contribution is -0.388. The molecule has 0 aromatic heterocycles. The molecule has 2 rings (SSSR count). The minimum Gasteiger partial charge on any atom is -0.324 e. The number of thioether (sulfide) groups is 2. The molecule has 0 heterocycles. The summed E-state index contributed by atoms with van der Waals surface area (Å²) in [5.41, 5.74) is -7.00. The zero-order chi connectivity index (χ0) is 29.3. The van der Waals surface area contributed by atoms with E-state index in [0.29, 0.717) is 18.2 Å². The van der Waals surface area contributed by atoms with E-state index in [1.807, 2.05) is 0 Å². The van der Waals surface area contributed by atoms with Crippen LogP contribution in [-0.4, -0.2) is 47.9 Å². The van der Waals surface area contributed by atoms with Gasteiger partial charge in [-0.3, -0.25) is 14.9 Å². The molecule has 2 aromatic rings. The Bertz CT molecular complexity index is 1330. The molecule has 0 saturated heterocycles. The predicted octanol–water partition coefficient (Wildman–Crippen LogP) is 6.50. The van der Waals surface area contributed by atoms with E-state index in [0.717, 1.165) is 18.2 Å². The summed E-state index contributed by atoms with van der Waals surface area (Å²) in [6, 6.07) is 4.63. The summed E-state index contributed by atoms with van der Waals surface area (Å²) in [6.07, 6.45) is -6.64. The lowest BCUT2D eigenvalue weighted by atomic mass is 10.3. The van der Waals surface area contributed by atoms with Crippen molar-refractivity contribution in [2.45, 2.75) is 37.5 Å². The second kappa shape index (κ2) is 10.8. The van der Waals surface area contributed by atoms with Gasteiger partial charge in [0.1, 0.15) is 10.6 Å². The van der Waals surface area contributed by atoms with Crippen LogP contribution in [0, 0.1) is 10.1 Å². The molecule has 0 aliphatic rings. The number of hydrogen-bond donors (Lipinski definition) is 1. The van der Waals surface area contributed by atoms with Crippen molar-refractivity contribution >= 4 is 50.6 Å². The molecule has 0 radical (unpaired) electrons. The molecule has 0 spiro atoms. The average Bonchev–Trinajstić information content (AvgIpc) is 2.72. The number of nitro benzene ring substituents is 1. The third-order valence-electron chi connectivity index (χ3n) is 4.14. The normalized spacial score (nSPS) is 13.3. The predicted molar refractivity (Wildman–Crippen MR) is 114 cm³/mol. The number of sulfone groups is 1. The highest BCUT2D eigenvalue weighted by molar-refractivity contribution is 8.00. The fraction of sp³-hybridized carbons (Fsp3) is 0.278. The van der Waals surface area contributed by atoms with E-state index >= 15 is 0 Å². The summed E-state index contributed by atoms with van der Waals surface area (Å²) < 4.78 is 154. The number of alkyl halides is 10. The van der Waals surface area contributed by atoms with Gasteiger partial charge in [-0.2, -0.15) is 43.9 Å². The summed E-state index contributed by atoms with van der Waals surface area (Å²) in [5, 5.41) is 7.18. The number of anilines is 1. The van der Waals surface area contributed by atoms with Gasteiger partial charge in [0.25, 0.3) is 5.69 Å². The van der Waals surface area contributed by atoms with Crippen molar-refractivity contribution in [1.29, 1.82) is 0 Å². The molecular weight excluding hydrogens is 610 g/mol. The molecule has 1 amide bonds. The van der Waals surface area contributed by atoms with Crippen LogP contribution in [0.3, 0.4) is 0 Å². The maximum Gasteiger partial charge on any atom is 0.460 e. The molecule has 7 nitrogen and oxygen atoms in total. The Labute approximate surface area is 214 Å². The number of amides is 1. The van der Waals surface area contributed by atoms with Crippen LogP contribution < -0.4 is 5.32 Å². The molecular formula is C18H10F10N2O5S3. The minimum atomic E-state index is -6.64. The van der Waals surface area contributed by atoms with Gasteiger partial charge in [-0.25, -0.2) is 8.42 Å². The number of nitrogens with one attached hydrogen (secondary N) is 1. The van der Waals surface area contributed by atoms with Gasteiger partial charge in [-0.05, 0) is 47.8 Å². The Kier molecular flexibility index (Phi) is 8.94. The number of benzene rings is 2. The number of carbonyl (C=O) groups is 1. The van der Waals surface area contributed by atoms with Crippen molar-refractivity contribution < 1.29 is 62.0 Å². The number of rotatable bonds is 9. The number of nitrogens with zero attached hydrogens (tertiary/aromatic N) is 1. The molecule has 0 bridgehead atoms. The van der Waals surface area contributed by atoms with Gasteiger partial charge in [0.15, 0.2) is 9.84 Å². The first kappa shape index (κ1) is 31.5. The van der Waals surface area contributed by atoms with Crippen LogP contribution in [0.2, 0.25) is 0 Å². The first-order valence-electron chi connectivity index (χ1n) is 9.24. The van der Waals surface area contributed by atoms with E-state index in [4.69, 9.17) is 0 Å². The summed E-state index contributed by atoms with van der Waals surface area (Å²) in [5.74, 6) is -9.74. The van der Waals surface area contributed by atoms with Crippen LogP contribution in [0.15, 0.2) is 57.2 Å². The van der Waals surface area contributed by atoms with Crippen LogP contribution in [-0.2, 0) is 14.6 Å². The highest BCUT2D eigenvalue weighted by atomic mass is 32.2. The van der Waals surface area contributed by atoms with E-state index in [9.17, 15) is 67.2 Å². The highest BCUT2D eigenvalue weighted by Crippen LogP contribution is 2.54. The standard InChI is InChI=1S/C18H10F10N2O5S3/c19-15(20,16(21,22)23)17(24,25)37-12-4-2-1-3-10(12)29-14(31)8-38(34,35)13-6-5-9(36-18(26,27)28)7-11(13)30(32)33/h1-7H,8H2,(H,29,31). The molecule has 20 heteroatoms. The number of nitro groups is 1. The minimum absolute atomic E-state index is 0.289. The molecule has 0 unspecified atom stereocenters. The summed E-state index contributed by atoms with van der Waals surface area (Å²) in [4.78, 5) is 19.2. The monoisotopic (exact) mass is 620 g/mol. The smallest absolute Gasteiger partial charge is 0.324 e. The first-order chi connectivity index (χ1) is 17.1. The van der Waals surface area contributed by atoms with Crippen molar-refractivity contribution in [2.24, 2.45) is 0 Å². The maximum absolute atomic E-state index is 13.8. The van der Waals surface area contributed by atoms with Crippen molar-refractivity contribution in [1.82, 2.24) is 0 Å². The molecule has 210 valence electrons. The quantitative estimate of drug-likeness (QED) is 0.148. The average molecular weight is 620 g/mol. The summed E-state index contributed by atoms with van der Waals surface area (Å²) >= 11 is -2.07. The zero-order valence-electron chi connectivity index (χ0n) is 17.7. The van der Waals surface area contributed by atoms with E-state index in [-0.39, 0.29) is 6.07 Å². The van der Waals surface area contributed by atoms with Gasteiger partial charge in [-0.1, -0.05) is 12.1 Å². The second-order valence-corrected chi connectivity index (χ2v) is 11.2. The molecule has 0 atom stereocenters. The Hall–Kier alpha value is -2.74. The highest BCUT2D eigenvalue weighted by Gasteiger charge is 2.73. The van der Waals surface area contributed by atoms with E-state index in [2.05, 4.69) is 0 Å². The zero-order valence-corrected chi connectivity index (χ0v) is 20.2. The SMILES string of the molecule is O=C(CS(=O)(=O)c1ccc(SC(F)(F)F)cc1[N+](=O)[O-])Nc1ccccc1SC(F)(F)C(F)(F)C(F)(F)F. The molecule has 0 aliphatic carbocycles. The van der Waals surface area contributed by atoms with Gasteiger partial charge < -0.3 is 5.32 Å². The Morgan fingerprint density at radius 2 is 1.50 bits per heavy atom. The van der Waals surface area contributed by atoms with Crippen LogP contribution in [0.25, 0.3) is 0 Å². The fourth-order valence-electron chi connectivity index (χ4n) is 2.56. The summed E-state index contributed by atoms with van der Waals surface area (Å²) in [7, 11) is -4.97. The largest absolute Gasteiger partial charge is 0.460 e. The summed E-state index contributed by atoms with van der Waals surface area (Å²) in [6.45, 7) is 0. The lowest BCUT2D eigenvalue weighted by Crippen LogP contribution is -2.49. The topological polar surface area (TPSA) is 106 Å². The van der Waals surface area contributed by atoms with E-state index in [1.54, 1.807) is 5.32 Å². The van der Waals surface area contributed by atoms with Gasteiger partial charge >= 0.3 is 22.9 Å². The first-order valence-corrected chi connectivity index (χ1v) is 12.5. The molecule has 0 aliphatic heterocycles.